The van der Waals surface area contributed by atoms with Gasteiger partial charge in [0.1, 0.15) is 6.54 Å². The Morgan fingerprint density at radius 2 is 1.49 bits per heavy atom. The molecule has 2 heterocycles. The van der Waals surface area contributed by atoms with Gasteiger partial charge in [0.2, 0.25) is 5.69 Å². The number of fused-ring (bicyclic) bond motifs is 4. The predicted molar refractivity (Wildman–Crippen MR) is 208 cm³/mol. The van der Waals surface area contributed by atoms with E-state index in [-0.39, 0.29) is 10.8 Å². The molecule has 2 aliphatic rings. The van der Waals surface area contributed by atoms with Crippen LogP contribution in [0.5, 0.6) is 0 Å². The molecule has 2 aliphatic heterocycles. The summed E-state index contributed by atoms with van der Waals surface area (Å²) in [6.07, 6.45) is 26.9. The van der Waals surface area contributed by atoms with Gasteiger partial charge in [-0.15, -0.1) is 0 Å². The highest BCUT2D eigenvalue weighted by molar-refractivity contribution is 6.07. The number of benzene rings is 3. The Hall–Kier alpha value is -4.17. The van der Waals surface area contributed by atoms with Crippen molar-refractivity contribution < 1.29 is 4.58 Å². The third kappa shape index (κ3) is 6.66. The molecule has 0 atom stereocenters. The van der Waals surface area contributed by atoms with E-state index in [0.717, 1.165) is 18.3 Å². The lowest BCUT2D eigenvalue weighted by Crippen LogP contribution is -2.33. The second-order valence-electron chi connectivity index (χ2n) is 14.1. The zero-order valence-electron chi connectivity index (χ0n) is 29.8. The van der Waals surface area contributed by atoms with Gasteiger partial charge in [0.25, 0.3) is 0 Å². The molecular formula is C45H55N2+. The lowest BCUT2D eigenvalue weighted by Gasteiger charge is -2.27. The summed E-state index contributed by atoms with van der Waals surface area (Å²) in [4.78, 5) is 2.55. The molecule has 0 saturated carbocycles. The fourth-order valence-corrected chi connectivity index (χ4v) is 7.75. The molecule has 3 aromatic carbocycles. The number of allylic oxidation sites excluding steroid dienone is 9. The second kappa shape index (κ2) is 14.7. The summed E-state index contributed by atoms with van der Waals surface area (Å²) in [5, 5.41) is 4.94. The minimum atomic E-state index is -0.136. The van der Waals surface area contributed by atoms with E-state index in [1.165, 1.54) is 88.4 Å². The standard InChI is InChI=1S/C45H55N2/c1-9-12-14-22-33-47-38-30-28-34(4)36(23-11-3)42(38)44(5,6)40(47)26-18-16-15-17-19-27-41-45(7,8)43-37-25-21-20-24-35(37)29-31-39(43)46(41)32-13-10-2/h11,15-21,23-31H,3-4,9-10,12-14,22,32-33H2,1-2,5-8H3/q+1/b36-23+. The smallest absolute Gasteiger partial charge is 0.210 e. The number of unbranched alkanes of at least 4 members (excludes halogenated alkanes) is 4. The quantitative estimate of drug-likeness (QED) is 0.104. The molecule has 0 spiro atoms. The van der Waals surface area contributed by atoms with Crippen LogP contribution in [-0.2, 0) is 10.8 Å². The van der Waals surface area contributed by atoms with Crippen molar-refractivity contribution in [3.05, 3.63) is 131 Å². The fourth-order valence-electron chi connectivity index (χ4n) is 7.75. The molecule has 0 unspecified atom stereocenters. The van der Waals surface area contributed by atoms with Crippen LogP contribution in [0.4, 0.5) is 11.4 Å². The van der Waals surface area contributed by atoms with E-state index in [2.05, 4.69) is 161 Å². The number of nitrogens with zero attached hydrogens (tertiary/aromatic N) is 2. The summed E-state index contributed by atoms with van der Waals surface area (Å²) in [6, 6.07) is 17.9. The number of hydrogen-bond donors (Lipinski definition) is 0. The number of rotatable bonds is 13. The first kappa shape index (κ1) is 34.2. The zero-order chi connectivity index (χ0) is 33.6. The van der Waals surface area contributed by atoms with Gasteiger partial charge in [-0.3, -0.25) is 0 Å². The van der Waals surface area contributed by atoms with Gasteiger partial charge in [-0.05, 0) is 65.3 Å². The summed E-state index contributed by atoms with van der Waals surface area (Å²) < 4.78 is 2.56. The summed E-state index contributed by atoms with van der Waals surface area (Å²) >= 11 is 0. The van der Waals surface area contributed by atoms with Gasteiger partial charge in [-0.1, -0.05) is 139 Å². The van der Waals surface area contributed by atoms with Crippen molar-refractivity contribution in [2.75, 3.05) is 18.0 Å². The largest absolute Gasteiger partial charge is 0.344 e. The molecule has 0 N–H and O–H groups in total. The minimum absolute atomic E-state index is 0.0755. The minimum Gasteiger partial charge on any atom is -0.344 e. The Bertz CT molecular complexity index is 1890. The molecule has 47 heavy (non-hydrogen) atoms. The maximum atomic E-state index is 4.35. The van der Waals surface area contributed by atoms with Crippen molar-refractivity contribution in [1.29, 1.82) is 0 Å². The second-order valence-corrected chi connectivity index (χ2v) is 14.1. The van der Waals surface area contributed by atoms with Crippen molar-refractivity contribution in [2.45, 2.75) is 90.9 Å². The molecule has 2 heteroatoms. The SMILES string of the molecule is C=C/C=c1/c2c(ccc1=C)N(CCCCCC)\C(=C/C=C/C=C/C=C/C1=[N+](CCCC)c3ccc4ccccc4c3C1(C)C)C2(C)C. The molecule has 0 saturated heterocycles. The highest BCUT2D eigenvalue weighted by Crippen LogP contribution is 2.46. The van der Waals surface area contributed by atoms with Gasteiger partial charge in [0, 0.05) is 47.5 Å². The Kier molecular flexibility index (Phi) is 10.7. The average Bonchev–Trinajstić information content (AvgIpc) is 3.41. The van der Waals surface area contributed by atoms with Crippen LogP contribution in [-0.4, -0.2) is 23.4 Å². The van der Waals surface area contributed by atoms with Crippen molar-refractivity contribution in [1.82, 2.24) is 0 Å². The Balaban J connectivity index is 1.41. The summed E-state index contributed by atoms with van der Waals surface area (Å²) in [7, 11) is 0. The van der Waals surface area contributed by atoms with E-state index in [1.54, 1.807) is 0 Å². The first-order chi connectivity index (χ1) is 22.7. The lowest BCUT2D eigenvalue weighted by atomic mass is 9.79. The molecule has 0 amide bonds. The van der Waals surface area contributed by atoms with Gasteiger partial charge in [0.05, 0.1) is 5.41 Å². The maximum absolute atomic E-state index is 4.35. The van der Waals surface area contributed by atoms with Crippen molar-refractivity contribution in [3.8, 4) is 0 Å². The molecular weight excluding hydrogens is 569 g/mol. The Morgan fingerprint density at radius 1 is 0.745 bits per heavy atom. The van der Waals surface area contributed by atoms with Crippen LogP contribution < -0.4 is 15.3 Å². The van der Waals surface area contributed by atoms with E-state index in [9.17, 15) is 0 Å². The van der Waals surface area contributed by atoms with E-state index in [0.29, 0.717) is 0 Å². The summed E-state index contributed by atoms with van der Waals surface area (Å²) in [5.74, 6) is 0. The van der Waals surface area contributed by atoms with E-state index >= 15 is 0 Å². The molecule has 2 nitrogen and oxygen atoms in total. The highest BCUT2D eigenvalue weighted by atomic mass is 15.2. The fraction of sp³-hybridized carbons (Fsp3) is 0.356. The van der Waals surface area contributed by atoms with Gasteiger partial charge in [0.15, 0.2) is 5.71 Å². The van der Waals surface area contributed by atoms with Crippen LogP contribution in [0.3, 0.4) is 0 Å². The third-order valence-electron chi connectivity index (χ3n) is 10.1. The molecule has 0 aromatic heterocycles. The lowest BCUT2D eigenvalue weighted by molar-refractivity contribution is -0.438. The van der Waals surface area contributed by atoms with Crippen molar-refractivity contribution >= 4 is 40.5 Å². The van der Waals surface area contributed by atoms with Crippen LogP contribution in [0.1, 0.15) is 91.2 Å². The molecule has 0 aliphatic carbocycles. The summed E-state index contributed by atoms with van der Waals surface area (Å²) in [5.41, 5.74) is 7.97. The topological polar surface area (TPSA) is 6.25 Å². The Morgan fingerprint density at radius 3 is 2.26 bits per heavy atom. The molecule has 3 aromatic rings. The average molecular weight is 624 g/mol. The number of anilines is 1. The first-order valence-electron chi connectivity index (χ1n) is 17.8. The van der Waals surface area contributed by atoms with E-state index in [1.807, 2.05) is 6.08 Å². The van der Waals surface area contributed by atoms with Gasteiger partial charge >= 0.3 is 0 Å². The van der Waals surface area contributed by atoms with Crippen LogP contribution in [0.25, 0.3) is 23.4 Å². The summed E-state index contributed by atoms with van der Waals surface area (Å²) in [6.45, 7) is 24.4. The van der Waals surface area contributed by atoms with Crippen molar-refractivity contribution in [3.63, 3.8) is 0 Å². The molecule has 0 bridgehead atoms. The van der Waals surface area contributed by atoms with Gasteiger partial charge < -0.3 is 4.90 Å². The zero-order valence-corrected chi connectivity index (χ0v) is 29.8. The first-order valence-corrected chi connectivity index (χ1v) is 17.8. The predicted octanol–water partition coefficient (Wildman–Crippen LogP) is 10.3. The monoisotopic (exact) mass is 623 g/mol. The third-order valence-corrected chi connectivity index (χ3v) is 10.1. The highest BCUT2D eigenvalue weighted by Gasteiger charge is 2.45. The van der Waals surface area contributed by atoms with Crippen LogP contribution >= 0.6 is 0 Å². The van der Waals surface area contributed by atoms with Crippen LogP contribution in [0.2, 0.25) is 0 Å². The van der Waals surface area contributed by atoms with E-state index in [4.69, 9.17) is 0 Å². The maximum Gasteiger partial charge on any atom is 0.210 e. The van der Waals surface area contributed by atoms with E-state index < -0.39 is 0 Å². The van der Waals surface area contributed by atoms with Gasteiger partial charge in [-0.2, -0.15) is 4.58 Å². The van der Waals surface area contributed by atoms with Crippen LogP contribution in [0.15, 0.2) is 109 Å². The normalized spacial score (nSPS) is 18.1. The number of hydrogen-bond acceptors (Lipinski definition) is 1. The molecule has 244 valence electrons. The molecule has 0 radical (unpaired) electrons. The van der Waals surface area contributed by atoms with Crippen LogP contribution in [0, 0.1) is 0 Å². The molecule has 5 rings (SSSR count). The molecule has 0 fully saturated rings. The van der Waals surface area contributed by atoms with Gasteiger partial charge in [-0.25, -0.2) is 0 Å². The van der Waals surface area contributed by atoms with Crippen molar-refractivity contribution in [2.24, 2.45) is 0 Å². The Labute approximate surface area is 284 Å².